The van der Waals surface area contributed by atoms with Crippen molar-refractivity contribution in [3.8, 4) is 0 Å². The van der Waals surface area contributed by atoms with Crippen molar-refractivity contribution in [1.82, 2.24) is 0 Å². The van der Waals surface area contributed by atoms with Crippen molar-refractivity contribution < 1.29 is 20.1 Å². The highest BCUT2D eigenvalue weighted by molar-refractivity contribution is 4.86. The number of ether oxygens (including phenoxy) is 1. The number of aliphatic hydroxyl groups excluding tert-OH is 3. The van der Waals surface area contributed by atoms with Gasteiger partial charge in [0.05, 0.1) is 18.8 Å². The van der Waals surface area contributed by atoms with Gasteiger partial charge in [0.15, 0.2) is 0 Å². The van der Waals surface area contributed by atoms with E-state index in [0.717, 1.165) is 0 Å². The van der Waals surface area contributed by atoms with Crippen LogP contribution >= 0.6 is 0 Å². The van der Waals surface area contributed by atoms with Crippen molar-refractivity contribution in [2.24, 2.45) is 5.73 Å². The normalized spacial score (nSPS) is 47.3. The zero-order valence-corrected chi connectivity index (χ0v) is 7.63. The first-order valence-electron chi connectivity index (χ1n) is 4.44. The van der Waals surface area contributed by atoms with Crippen LogP contribution < -0.4 is 5.73 Å². The highest BCUT2D eigenvalue weighted by Gasteiger charge is 2.35. The summed E-state index contributed by atoms with van der Waals surface area (Å²) in [5.74, 6) is 0. The van der Waals surface area contributed by atoms with Crippen molar-refractivity contribution in [2.75, 3.05) is 6.61 Å². The van der Waals surface area contributed by atoms with Gasteiger partial charge in [-0.3, -0.25) is 0 Å². The number of rotatable bonds is 1. The minimum Gasteiger partial charge on any atom is -0.394 e. The number of hydrogen-bond acceptors (Lipinski definition) is 5. The van der Waals surface area contributed by atoms with Gasteiger partial charge in [0, 0.05) is 6.04 Å². The van der Waals surface area contributed by atoms with Crippen LogP contribution in [0, 0.1) is 0 Å². The van der Waals surface area contributed by atoms with Crippen LogP contribution in [-0.2, 0) is 4.74 Å². The first-order valence-corrected chi connectivity index (χ1v) is 4.44. The molecule has 5 N–H and O–H groups in total. The molecular weight excluding hydrogens is 174 g/mol. The summed E-state index contributed by atoms with van der Waals surface area (Å²) in [5, 5.41) is 27.8. The third-order valence-electron chi connectivity index (χ3n) is 2.46. The van der Waals surface area contributed by atoms with Crippen LogP contribution in [0.5, 0.6) is 0 Å². The van der Waals surface area contributed by atoms with E-state index in [-0.39, 0.29) is 18.8 Å². The molecule has 1 fully saturated rings. The van der Waals surface area contributed by atoms with Crippen LogP contribution in [0.25, 0.3) is 0 Å². The zero-order chi connectivity index (χ0) is 10.0. The third-order valence-corrected chi connectivity index (χ3v) is 2.46. The van der Waals surface area contributed by atoms with Gasteiger partial charge in [-0.1, -0.05) is 0 Å². The molecule has 5 nitrogen and oxygen atoms in total. The predicted octanol–water partition coefficient (Wildman–Crippen LogP) is -1.79. The minimum absolute atomic E-state index is 0.260. The largest absolute Gasteiger partial charge is 0.394 e. The summed E-state index contributed by atoms with van der Waals surface area (Å²) >= 11 is 0. The molecule has 0 amide bonds. The molecule has 78 valence electrons. The lowest BCUT2D eigenvalue weighted by molar-refractivity contribution is -0.108. The second-order valence-corrected chi connectivity index (χ2v) is 3.52. The molecule has 5 heteroatoms. The molecule has 0 saturated carbocycles. The van der Waals surface area contributed by atoms with Crippen LogP contribution in [0.15, 0.2) is 0 Å². The fourth-order valence-electron chi connectivity index (χ4n) is 1.47. The van der Waals surface area contributed by atoms with Crippen molar-refractivity contribution >= 4 is 0 Å². The average Bonchev–Trinajstić information content (AvgIpc) is 2.18. The predicted molar refractivity (Wildman–Crippen MR) is 46.0 cm³/mol. The summed E-state index contributed by atoms with van der Waals surface area (Å²) in [6.07, 6.45) is -2.68. The van der Waals surface area contributed by atoms with Crippen LogP contribution in [0.3, 0.4) is 0 Å². The van der Waals surface area contributed by atoms with Crippen LogP contribution in [0.1, 0.15) is 13.3 Å². The molecule has 0 aromatic rings. The molecule has 13 heavy (non-hydrogen) atoms. The summed E-state index contributed by atoms with van der Waals surface area (Å²) in [5.41, 5.74) is 5.67. The van der Waals surface area contributed by atoms with E-state index in [0.29, 0.717) is 6.42 Å². The Bertz CT molecular complexity index is 166. The van der Waals surface area contributed by atoms with Gasteiger partial charge in [-0.25, -0.2) is 0 Å². The highest BCUT2D eigenvalue weighted by Crippen LogP contribution is 2.18. The van der Waals surface area contributed by atoms with Crippen LogP contribution in [-0.4, -0.2) is 52.4 Å². The molecule has 0 aromatic heterocycles. The van der Waals surface area contributed by atoms with Crippen molar-refractivity contribution in [3.63, 3.8) is 0 Å². The molecule has 5 atom stereocenters. The summed E-state index contributed by atoms with van der Waals surface area (Å²) in [6, 6.07) is -0.304. The molecule has 0 spiro atoms. The smallest absolute Gasteiger partial charge is 0.109 e. The SMILES string of the molecule is CC1OC(CO)C(O)C(O)CC1N. The Balaban J connectivity index is 2.68. The molecule has 1 saturated heterocycles. The van der Waals surface area contributed by atoms with Crippen molar-refractivity contribution in [2.45, 2.75) is 43.8 Å². The second kappa shape index (κ2) is 4.34. The van der Waals surface area contributed by atoms with E-state index in [1.54, 1.807) is 6.92 Å². The molecule has 5 unspecified atom stereocenters. The standard InChI is InChI=1S/C8H17NO4/c1-4-5(9)2-6(11)8(12)7(3-10)13-4/h4-8,10-12H,2-3,9H2,1H3. The Labute approximate surface area is 77.1 Å². The monoisotopic (exact) mass is 191 g/mol. The molecule has 1 aliphatic heterocycles. The molecular formula is C8H17NO4. The maximum Gasteiger partial charge on any atom is 0.109 e. The molecule has 1 rings (SSSR count). The van der Waals surface area contributed by atoms with Gasteiger partial charge in [0.25, 0.3) is 0 Å². The van der Waals surface area contributed by atoms with E-state index in [1.165, 1.54) is 0 Å². The summed E-state index contributed by atoms with van der Waals surface area (Å²) in [7, 11) is 0. The molecule has 0 bridgehead atoms. The summed E-state index contributed by atoms with van der Waals surface area (Å²) in [6.45, 7) is 1.45. The summed E-state index contributed by atoms with van der Waals surface area (Å²) in [4.78, 5) is 0. The van der Waals surface area contributed by atoms with E-state index in [2.05, 4.69) is 0 Å². The zero-order valence-electron chi connectivity index (χ0n) is 7.63. The molecule has 1 aliphatic rings. The second-order valence-electron chi connectivity index (χ2n) is 3.52. The average molecular weight is 191 g/mol. The van der Waals surface area contributed by atoms with Crippen LogP contribution in [0.2, 0.25) is 0 Å². The van der Waals surface area contributed by atoms with Gasteiger partial charge in [0.1, 0.15) is 12.2 Å². The van der Waals surface area contributed by atoms with E-state index < -0.39 is 18.3 Å². The van der Waals surface area contributed by atoms with E-state index in [9.17, 15) is 10.2 Å². The fraction of sp³-hybridized carbons (Fsp3) is 1.00. The maximum atomic E-state index is 9.46. The molecule has 0 radical (unpaired) electrons. The van der Waals surface area contributed by atoms with Gasteiger partial charge in [0.2, 0.25) is 0 Å². The number of nitrogens with two attached hydrogens (primary N) is 1. The Hall–Kier alpha value is -0.200. The lowest BCUT2D eigenvalue weighted by Crippen LogP contribution is -2.39. The highest BCUT2D eigenvalue weighted by atomic mass is 16.5. The van der Waals surface area contributed by atoms with Gasteiger partial charge in [-0.05, 0) is 13.3 Å². The van der Waals surface area contributed by atoms with E-state index >= 15 is 0 Å². The van der Waals surface area contributed by atoms with Gasteiger partial charge < -0.3 is 25.8 Å². The number of hydrogen-bond donors (Lipinski definition) is 4. The Morgan fingerprint density at radius 2 is 2.08 bits per heavy atom. The fourth-order valence-corrected chi connectivity index (χ4v) is 1.47. The molecule has 0 aliphatic carbocycles. The van der Waals surface area contributed by atoms with E-state index in [4.69, 9.17) is 15.6 Å². The lowest BCUT2D eigenvalue weighted by Gasteiger charge is -2.22. The Morgan fingerprint density at radius 1 is 1.46 bits per heavy atom. The van der Waals surface area contributed by atoms with Gasteiger partial charge >= 0.3 is 0 Å². The quantitative estimate of drug-likeness (QED) is 0.392. The van der Waals surface area contributed by atoms with Crippen molar-refractivity contribution in [3.05, 3.63) is 0 Å². The first-order chi connectivity index (χ1) is 6.06. The Morgan fingerprint density at radius 3 is 2.62 bits per heavy atom. The van der Waals surface area contributed by atoms with E-state index in [1.807, 2.05) is 0 Å². The molecule has 0 aromatic carbocycles. The first kappa shape index (κ1) is 10.9. The lowest BCUT2D eigenvalue weighted by atomic mass is 10.0. The topological polar surface area (TPSA) is 95.9 Å². The Kier molecular flexibility index (Phi) is 3.63. The van der Waals surface area contributed by atoms with Gasteiger partial charge in [-0.2, -0.15) is 0 Å². The summed E-state index contributed by atoms with van der Waals surface area (Å²) < 4.78 is 5.27. The van der Waals surface area contributed by atoms with Crippen LogP contribution in [0.4, 0.5) is 0 Å². The third kappa shape index (κ3) is 2.38. The molecule has 1 heterocycles. The van der Waals surface area contributed by atoms with Crippen molar-refractivity contribution in [1.29, 1.82) is 0 Å². The number of aliphatic hydroxyl groups is 3. The minimum atomic E-state index is -1.05. The van der Waals surface area contributed by atoms with Gasteiger partial charge in [-0.15, -0.1) is 0 Å². The maximum absolute atomic E-state index is 9.46.